The van der Waals surface area contributed by atoms with Crippen LogP contribution < -0.4 is 15.4 Å². The summed E-state index contributed by atoms with van der Waals surface area (Å²) in [5.74, 6) is 0.847. The van der Waals surface area contributed by atoms with Crippen molar-refractivity contribution in [3.8, 4) is 17.1 Å². The van der Waals surface area contributed by atoms with Gasteiger partial charge < -0.3 is 19.9 Å². The average Bonchev–Trinajstić information content (AvgIpc) is 3.70. The van der Waals surface area contributed by atoms with E-state index >= 15 is 0 Å². The summed E-state index contributed by atoms with van der Waals surface area (Å²) < 4.78 is 8.59. The molecule has 2 N–H and O–H groups in total. The van der Waals surface area contributed by atoms with E-state index in [4.69, 9.17) is 9.72 Å². The summed E-state index contributed by atoms with van der Waals surface area (Å²) in [6, 6.07) is 8.55. The van der Waals surface area contributed by atoms with Gasteiger partial charge in [0, 0.05) is 36.2 Å². The molecule has 2 aromatic heterocycles. The van der Waals surface area contributed by atoms with Crippen LogP contribution in [0.4, 0.5) is 5.69 Å². The number of carbonyl (C=O) groups is 2. The molecular weight excluding hydrogens is 418 g/mol. The molecule has 1 aromatic carbocycles. The van der Waals surface area contributed by atoms with Gasteiger partial charge in [-0.3, -0.25) is 9.59 Å². The number of aromatic nitrogens is 3. The summed E-state index contributed by atoms with van der Waals surface area (Å²) in [5, 5.41) is 5.95. The van der Waals surface area contributed by atoms with Gasteiger partial charge in [0.05, 0.1) is 23.0 Å². The second-order valence-electron chi connectivity index (χ2n) is 9.95. The van der Waals surface area contributed by atoms with Crippen molar-refractivity contribution < 1.29 is 14.3 Å². The molecule has 2 saturated carbocycles. The van der Waals surface area contributed by atoms with Crippen LogP contribution in [0.3, 0.4) is 0 Å². The largest absolute Gasteiger partial charge is 0.473 e. The Hall–Kier alpha value is -3.42. The maximum Gasteiger partial charge on any atom is 0.241 e. The van der Waals surface area contributed by atoms with Crippen molar-refractivity contribution in [2.24, 2.45) is 5.92 Å². The van der Waals surface area contributed by atoms with Gasteiger partial charge in [0.15, 0.2) is 0 Å². The lowest BCUT2D eigenvalue weighted by Crippen LogP contribution is -2.26. The number of anilines is 1. The van der Waals surface area contributed by atoms with Crippen molar-refractivity contribution in [1.82, 2.24) is 19.9 Å². The van der Waals surface area contributed by atoms with Crippen LogP contribution in [0, 0.1) is 5.92 Å². The Balaban J connectivity index is 1.30. The van der Waals surface area contributed by atoms with Gasteiger partial charge in [-0.15, -0.1) is 0 Å². The molecule has 0 radical (unpaired) electrons. The highest BCUT2D eigenvalue weighted by Gasteiger charge is 2.56. The molecule has 4 heterocycles. The van der Waals surface area contributed by atoms with Gasteiger partial charge >= 0.3 is 0 Å². The highest BCUT2D eigenvalue weighted by Crippen LogP contribution is 2.55. The van der Waals surface area contributed by atoms with Crippen molar-refractivity contribution in [3.05, 3.63) is 36.2 Å². The van der Waals surface area contributed by atoms with Crippen LogP contribution in [0.1, 0.15) is 50.6 Å². The zero-order valence-corrected chi connectivity index (χ0v) is 18.4. The third-order valence-corrected chi connectivity index (χ3v) is 7.69. The molecule has 2 amide bonds. The Morgan fingerprint density at radius 1 is 1.21 bits per heavy atom. The van der Waals surface area contributed by atoms with Crippen LogP contribution in [-0.4, -0.2) is 39.0 Å². The number of rotatable bonds is 5. The monoisotopic (exact) mass is 443 g/mol. The van der Waals surface area contributed by atoms with Gasteiger partial charge in [-0.1, -0.05) is 12.1 Å². The minimum Gasteiger partial charge on any atom is -0.473 e. The van der Waals surface area contributed by atoms with E-state index in [0.29, 0.717) is 24.9 Å². The third-order valence-electron chi connectivity index (χ3n) is 7.69. The van der Waals surface area contributed by atoms with Gasteiger partial charge in [0.1, 0.15) is 11.6 Å². The maximum atomic E-state index is 12.4. The van der Waals surface area contributed by atoms with E-state index in [2.05, 4.69) is 26.3 Å². The minimum atomic E-state index is -0.301. The second kappa shape index (κ2) is 6.56. The van der Waals surface area contributed by atoms with Crippen molar-refractivity contribution in [2.75, 3.05) is 11.9 Å². The topological polar surface area (TPSA) is 98.1 Å². The van der Waals surface area contributed by atoms with Crippen LogP contribution in [0.2, 0.25) is 0 Å². The van der Waals surface area contributed by atoms with Crippen LogP contribution >= 0.6 is 0 Å². The summed E-state index contributed by atoms with van der Waals surface area (Å²) in [4.78, 5) is 33.8. The molecular formula is C25H25N5O3. The third kappa shape index (κ3) is 2.89. The van der Waals surface area contributed by atoms with Crippen molar-refractivity contribution >= 4 is 28.5 Å². The molecule has 2 unspecified atom stereocenters. The molecule has 2 aliphatic heterocycles. The normalized spacial score (nSPS) is 23.5. The van der Waals surface area contributed by atoms with Crippen LogP contribution in [0.5, 0.6) is 5.88 Å². The number of amides is 2. The number of pyridine rings is 1. The fourth-order valence-corrected chi connectivity index (χ4v) is 5.33. The molecule has 0 bridgehead atoms. The predicted molar refractivity (Wildman–Crippen MR) is 122 cm³/mol. The standard InChI is InChI=1S/C25H25N5O3/c1-13(15-9-21(31)26-11-15)33-23-22-20(27-12-30(22)16-3-4-16)10-18(28-23)14-2-5-17-19(8-14)29-24(32)25(17)6-7-25/h2,5,8,10,12-13,15-16H,3-4,6-7,9,11H2,1H3,(H,26,31)(H,29,32). The van der Waals surface area contributed by atoms with Gasteiger partial charge in [-0.2, -0.15) is 0 Å². The van der Waals surface area contributed by atoms with E-state index in [1.807, 2.05) is 31.5 Å². The van der Waals surface area contributed by atoms with E-state index in [1.54, 1.807) is 0 Å². The lowest BCUT2D eigenvalue weighted by molar-refractivity contribution is -0.119. The fraction of sp³-hybridized carbons (Fsp3) is 0.440. The van der Waals surface area contributed by atoms with Crippen molar-refractivity contribution in [2.45, 2.75) is 56.6 Å². The maximum absolute atomic E-state index is 12.4. The number of nitrogens with one attached hydrogen (secondary N) is 2. The summed E-state index contributed by atoms with van der Waals surface area (Å²) in [5.41, 5.74) is 5.12. The highest BCUT2D eigenvalue weighted by molar-refractivity contribution is 6.08. The van der Waals surface area contributed by atoms with E-state index in [-0.39, 0.29) is 29.3 Å². The molecule has 8 nitrogen and oxygen atoms in total. The number of hydrogen-bond acceptors (Lipinski definition) is 5. The second-order valence-corrected chi connectivity index (χ2v) is 9.95. The Bertz CT molecular complexity index is 1340. The highest BCUT2D eigenvalue weighted by atomic mass is 16.5. The number of carbonyl (C=O) groups excluding carboxylic acids is 2. The molecule has 4 aliphatic rings. The van der Waals surface area contributed by atoms with Gasteiger partial charge in [-0.25, -0.2) is 9.97 Å². The molecule has 7 rings (SSSR count). The van der Waals surface area contributed by atoms with E-state index in [9.17, 15) is 9.59 Å². The first-order chi connectivity index (χ1) is 16.0. The molecule has 33 heavy (non-hydrogen) atoms. The molecule has 2 atom stereocenters. The Morgan fingerprint density at radius 2 is 2.06 bits per heavy atom. The number of ether oxygens (including phenoxy) is 1. The fourth-order valence-electron chi connectivity index (χ4n) is 5.33. The first kappa shape index (κ1) is 19.1. The molecule has 3 fully saturated rings. The number of imidazole rings is 1. The zero-order chi connectivity index (χ0) is 22.3. The first-order valence-electron chi connectivity index (χ1n) is 11.8. The average molecular weight is 444 g/mol. The molecule has 3 aromatic rings. The summed E-state index contributed by atoms with van der Waals surface area (Å²) in [7, 11) is 0. The van der Waals surface area contributed by atoms with Crippen LogP contribution in [0.25, 0.3) is 22.3 Å². The lowest BCUT2D eigenvalue weighted by atomic mass is 9.96. The van der Waals surface area contributed by atoms with Crippen molar-refractivity contribution in [1.29, 1.82) is 0 Å². The Labute approximate surface area is 190 Å². The van der Waals surface area contributed by atoms with Crippen LogP contribution in [0.15, 0.2) is 30.6 Å². The number of hydrogen-bond donors (Lipinski definition) is 2. The number of nitrogens with zero attached hydrogens (tertiary/aromatic N) is 3. The summed E-state index contributed by atoms with van der Waals surface area (Å²) >= 11 is 0. The molecule has 1 spiro atoms. The van der Waals surface area contributed by atoms with Gasteiger partial charge in [0.2, 0.25) is 17.7 Å². The number of fused-ring (bicyclic) bond motifs is 3. The Kier molecular flexibility index (Phi) is 3.79. The van der Waals surface area contributed by atoms with E-state index in [1.165, 1.54) is 0 Å². The van der Waals surface area contributed by atoms with Gasteiger partial charge in [-0.05, 0) is 50.3 Å². The minimum absolute atomic E-state index is 0.0685. The number of benzene rings is 1. The zero-order valence-electron chi connectivity index (χ0n) is 18.4. The van der Waals surface area contributed by atoms with E-state index in [0.717, 1.165) is 59.2 Å². The smallest absolute Gasteiger partial charge is 0.241 e. The molecule has 2 aliphatic carbocycles. The van der Waals surface area contributed by atoms with E-state index < -0.39 is 0 Å². The predicted octanol–water partition coefficient (Wildman–Crippen LogP) is 3.32. The SMILES string of the molecule is CC(Oc1nc(-c2ccc3c(c2)NC(=O)C32CC2)cc2ncn(C3CC3)c12)C1CNC(=O)C1. The van der Waals surface area contributed by atoms with Crippen molar-refractivity contribution in [3.63, 3.8) is 0 Å². The summed E-state index contributed by atoms with van der Waals surface area (Å²) in [6.07, 6.45) is 6.30. The quantitative estimate of drug-likeness (QED) is 0.630. The molecule has 8 heteroatoms. The van der Waals surface area contributed by atoms with Crippen LogP contribution in [-0.2, 0) is 15.0 Å². The summed E-state index contributed by atoms with van der Waals surface area (Å²) in [6.45, 7) is 2.62. The lowest BCUT2D eigenvalue weighted by Gasteiger charge is -2.20. The first-order valence-corrected chi connectivity index (χ1v) is 11.8. The Morgan fingerprint density at radius 3 is 2.79 bits per heavy atom. The van der Waals surface area contributed by atoms with Gasteiger partial charge in [0.25, 0.3) is 0 Å². The molecule has 168 valence electrons. The molecule has 1 saturated heterocycles.